The van der Waals surface area contributed by atoms with Gasteiger partial charge < -0.3 is 19.7 Å². The number of hydrogen-bond donors (Lipinski definition) is 2. The number of sulfonamides is 1. The molecule has 2 amide bonds. The molecule has 0 saturated carbocycles. The lowest BCUT2D eigenvalue weighted by molar-refractivity contribution is 0.223. The zero-order valence-electron chi connectivity index (χ0n) is 15.4. The average molecular weight is 393 g/mol. The zero-order chi connectivity index (χ0) is 20.0. The number of methoxy groups -OCH3 is 2. The third-order valence-corrected chi connectivity index (χ3v) is 4.89. The van der Waals surface area contributed by atoms with Crippen LogP contribution in [0.25, 0.3) is 0 Å². The first-order valence-corrected chi connectivity index (χ1v) is 9.65. The molecule has 0 aliphatic rings. The predicted octanol–water partition coefficient (Wildman–Crippen LogP) is 2.06. The van der Waals surface area contributed by atoms with Crippen molar-refractivity contribution < 1.29 is 22.7 Å². The maximum atomic E-state index is 12.3. The monoisotopic (exact) mass is 393 g/mol. The van der Waals surface area contributed by atoms with Crippen molar-refractivity contribution in [2.24, 2.45) is 5.14 Å². The highest BCUT2D eigenvalue weighted by Crippen LogP contribution is 2.27. The molecule has 0 atom stereocenters. The lowest BCUT2D eigenvalue weighted by Crippen LogP contribution is -2.33. The van der Waals surface area contributed by atoms with E-state index >= 15 is 0 Å². The molecule has 146 valence electrons. The van der Waals surface area contributed by atoms with Gasteiger partial charge in [-0.3, -0.25) is 0 Å². The second-order valence-corrected chi connectivity index (χ2v) is 7.42. The van der Waals surface area contributed by atoms with Gasteiger partial charge in [0.15, 0.2) is 11.5 Å². The Kier molecular flexibility index (Phi) is 6.65. The zero-order valence-corrected chi connectivity index (χ0v) is 16.2. The molecule has 0 bridgehead atoms. The van der Waals surface area contributed by atoms with E-state index in [1.807, 2.05) is 18.2 Å². The van der Waals surface area contributed by atoms with Crippen molar-refractivity contribution in [3.63, 3.8) is 0 Å². The highest BCUT2D eigenvalue weighted by Gasteiger charge is 2.12. The predicted molar refractivity (Wildman–Crippen MR) is 103 cm³/mol. The lowest BCUT2D eigenvalue weighted by atomic mass is 10.1. The van der Waals surface area contributed by atoms with E-state index in [9.17, 15) is 13.2 Å². The fraction of sp³-hybridized carbons (Fsp3) is 0.278. The Labute approximate surface area is 158 Å². The number of likely N-dealkylation sites (N-methyl/N-ethyl adjacent to an activating group) is 1. The van der Waals surface area contributed by atoms with Crippen molar-refractivity contribution in [3.05, 3.63) is 48.0 Å². The van der Waals surface area contributed by atoms with Crippen molar-refractivity contribution in [3.8, 4) is 11.5 Å². The molecule has 0 aliphatic carbocycles. The summed E-state index contributed by atoms with van der Waals surface area (Å²) in [6, 6.07) is 11.0. The largest absolute Gasteiger partial charge is 0.493 e. The molecule has 8 nitrogen and oxygen atoms in total. The van der Waals surface area contributed by atoms with E-state index in [0.717, 1.165) is 5.56 Å². The van der Waals surface area contributed by atoms with Gasteiger partial charge in [0, 0.05) is 19.3 Å². The van der Waals surface area contributed by atoms with Gasteiger partial charge in [-0.25, -0.2) is 18.4 Å². The summed E-state index contributed by atoms with van der Waals surface area (Å²) in [5.74, 6) is 1.28. The van der Waals surface area contributed by atoms with Crippen LogP contribution in [0.4, 0.5) is 10.5 Å². The van der Waals surface area contributed by atoms with Gasteiger partial charge in [0.05, 0.1) is 19.1 Å². The van der Waals surface area contributed by atoms with Crippen LogP contribution >= 0.6 is 0 Å². The van der Waals surface area contributed by atoms with Crippen molar-refractivity contribution in [2.75, 3.05) is 33.1 Å². The van der Waals surface area contributed by atoms with Crippen molar-refractivity contribution >= 4 is 21.7 Å². The fourth-order valence-corrected chi connectivity index (χ4v) is 2.90. The quantitative estimate of drug-likeness (QED) is 0.748. The van der Waals surface area contributed by atoms with E-state index in [1.165, 1.54) is 29.2 Å². The number of carbonyl (C=O) groups excluding carboxylic acids is 1. The van der Waals surface area contributed by atoms with Crippen LogP contribution in [0.1, 0.15) is 5.56 Å². The number of amides is 2. The Balaban J connectivity index is 1.94. The topological polar surface area (TPSA) is 111 Å². The van der Waals surface area contributed by atoms with Gasteiger partial charge in [0.1, 0.15) is 0 Å². The second kappa shape index (κ2) is 8.74. The molecule has 2 aromatic carbocycles. The molecule has 9 heteroatoms. The number of primary sulfonamides is 1. The minimum Gasteiger partial charge on any atom is -0.493 e. The van der Waals surface area contributed by atoms with Crippen molar-refractivity contribution in [1.82, 2.24) is 4.90 Å². The molecular formula is C18H23N3O5S. The highest BCUT2D eigenvalue weighted by atomic mass is 32.2. The molecule has 2 rings (SSSR count). The molecule has 0 saturated heterocycles. The number of urea groups is 1. The minimum atomic E-state index is -3.76. The van der Waals surface area contributed by atoms with Gasteiger partial charge in [0.2, 0.25) is 10.0 Å². The standard InChI is InChI=1S/C18H23N3O5S/c1-21(11-10-13-4-9-16(25-2)17(12-13)26-3)18(22)20-14-5-7-15(8-6-14)27(19,23)24/h4-9,12H,10-11H2,1-3H3,(H,20,22)(H2,19,23,24). The minimum absolute atomic E-state index is 0.0118. The van der Waals surface area contributed by atoms with Crippen LogP contribution in [0.15, 0.2) is 47.4 Å². The molecule has 0 heterocycles. The first-order chi connectivity index (χ1) is 12.7. The van der Waals surface area contributed by atoms with Gasteiger partial charge in [0.25, 0.3) is 0 Å². The van der Waals surface area contributed by atoms with Gasteiger partial charge in [-0.1, -0.05) is 6.07 Å². The molecule has 0 radical (unpaired) electrons. The first-order valence-electron chi connectivity index (χ1n) is 8.10. The van der Waals surface area contributed by atoms with E-state index in [4.69, 9.17) is 14.6 Å². The van der Waals surface area contributed by atoms with Crippen LogP contribution in [0.2, 0.25) is 0 Å². The van der Waals surface area contributed by atoms with Crippen LogP contribution < -0.4 is 19.9 Å². The van der Waals surface area contributed by atoms with Crippen LogP contribution in [-0.2, 0) is 16.4 Å². The van der Waals surface area contributed by atoms with Crippen LogP contribution in [0.5, 0.6) is 11.5 Å². The maximum absolute atomic E-state index is 12.3. The fourth-order valence-electron chi connectivity index (χ4n) is 2.38. The van der Waals surface area contributed by atoms with Crippen LogP contribution in [0.3, 0.4) is 0 Å². The number of hydrogen-bond acceptors (Lipinski definition) is 5. The van der Waals surface area contributed by atoms with Gasteiger partial charge in [-0.15, -0.1) is 0 Å². The molecule has 0 spiro atoms. The first kappa shape index (κ1) is 20.5. The molecule has 2 aromatic rings. The summed E-state index contributed by atoms with van der Waals surface area (Å²) in [6.45, 7) is 0.483. The van der Waals surface area contributed by atoms with E-state index in [2.05, 4.69) is 5.32 Å². The maximum Gasteiger partial charge on any atom is 0.321 e. The summed E-state index contributed by atoms with van der Waals surface area (Å²) in [6.07, 6.45) is 0.634. The Hall–Kier alpha value is -2.78. The van der Waals surface area contributed by atoms with E-state index in [-0.39, 0.29) is 10.9 Å². The Morgan fingerprint density at radius 3 is 2.26 bits per heavy atom. The van der Waals surface area contributed by atoms with Crippen molar-refractivity contribution in [2.45, 2.75) is 11.3 Å². The third kappa shape index (κ3) is 5.60. The molecule has 27 heavy (non-hydrogen) atoms. The van der Waals surface area contributed by atoms with Gasteiger partial charge in [-0.05, 0) is 48.4 Å². The Morgan fingerprint density at radius 2 is 1.70 bits per heavy atom. The number of rotatable bonds is 7. The van der Waals surface area contributed by atoms with E-state index in [1.54, 1.807) is 21.3 Å². The van der Waals surface area contributed by atoms with Crippen LogP contribution in [0, 0.1) is 0 Å². The normalized spacial score (nSPS) is 11.0. The number of ether oxygens (including phenoxy) is 2. The van der Waals surface area contributed by atoms with Gasteiger partial charge >= 0.3 is 6.03 Å². The SMILES string of the molecule is COc1ccc(CCN(C)C(=O)Nc2ccc(S(N)(=O)=O)cc2)cc1OC. The molecule has 0 fully saturated rings. The number of nitrogens with one attached hydrogen (secondary N) is 1. The lowest BCUT2D eigenvalue weighted by Gasteiger charge is -2.18. The van der Waals surface area contributed by atoms with Gasteiger partial charge in [-0.2, -0.15) is 0 Å². The van der Waals surface area contributed by atoms with E-state index in [0.29, 0.717) is 30.2 Å². The summed E-state index contributed by atoms with van der Waals surface area (Å²) in [5.41, 5.74) is 1.48. The Morgan fingerprint density at radius 1 is 1.07 bits per heavy atom. The molecular weight excluding hydrogens is 370 g/mol. The second-order valence-electron chi connectivity index (χ2n) is 5.86. The highest BCUT2D eigenvalue weighted by molar-refractivity contribution is 7.89. The summed E-state index contributed by atoms with van der Waals surface area (Å²) < 4.78 is 33.0. The number of nitrogens with zero attached hydrogens (tertiary/aromatic N) is 1. The number of benzene rings is 2. The average Bonchev–Trinajstić information content (AvgIpc) is 2.65. The number of carbonyl (C=O) groups is 1. The summed E-state index contributed by atoms with van der Waals surface area (Å²) in [4.78, 5) is 13.8. The number of anilines is 1. The molecule has 3 N–H and O–H groups in total. The van der Waals surface area contributed by atoms with Crippen molar-refractivity contribution in [1.29, 1.82) is 0 Å². The molecule has 0 aromatic heterocycles. The van der Waals surface area contributed by atoms with E-state index < -0.39 is 10.0 Å². The molecule has 0 unspecified atom stereocenters. The summed E-state index contributed by atoms with van der Waals surface area (Å²) in [5, 5.41) is 7.75. The van der Waals surface area contributed by atoms with Crippen LogP contribution in [-0.4, -0.2) is 47.2 Å². The summed E-state index contributed by atoms with van der Waals surface area (Å²) >= 11 is 0. The summed E-state index contributed by atoms with van der Waals surface area (Å²) in [7, 11) is 1.06. The molecule has 0 aliphatic heterocycles. The smallest absolute Gasteiger partial charge is 0.321 e. The number of nitrogens with two attached hydrogens (primary N) is 1. The Bertz CT molecular complexity index is 898. The third-order valence-electron chi connectivity index (χ3n) is 3.96.